The zero-order valence-corrected chi connectivity index (χ0v) is 11.9. The first-order chi connectivity index (χ1) is 8.47. The molecule has 0 radical (unpaired) electrons. The molecule has 2 aromatic rings. The van der Waals surface area contributed by atoms with Crippen LogP contribution in [0.5, 0.6) is 0 Å². The van der Waals surface area contributed by atoms with Crippen molar-refractivity contribution in [1.82, 2.24) is 15.0 Å². The first-order valence-corrected chi connectivity index (χ1v) is 7.24. The fraction of sp³-hybridized carbons (Fsp3) is 0. The Bertz CT molecular complexity index is 680. The number of hydrogen-bond donors (Lipinski definition) is 1. The number of anilines is 1. The highest BCUT2D eigenvalue weighted by Crippen LogP contribution is 2.17. The second kappa shape index (κ2) is 5.17. The van der Waals surface area contributed by atoms with Crippen molar-refractivity contribution in [2.45, 2.75) is 4.90 Å². The molecule has 0 amide bonds. The van der Waals surface area contributed by atoms with Gasteiger partial charge in [0, 0.05) is 16.9 Å². The van der Waals surface area contributed by atoms with Crippen LogP contribution in [0.1, 0.15) is 0 Å². The highest BCUT2D eigenvalue weighted by Gasteiger charge is 2.16. The van der Waals surface area contributed by atoms with E-state index in [4.69, 9.17) is 11.6 Å². The second-order valence-corrected chi connectivity index (χ2v) is 6.16. The molecule has 2 aromatic heterocycles. The highest BCUT2D eigenvalue weighted by molar-refractivity contribution is 9.10. The van der Waals surface area contributed by atoms with Gasteiger partial charge >= 0.3 is 0 Å². The zero-order valence-electron chi connectivity index (χ0n) is 8.71. The number of aromatic nitrogens is 3. The van der Waals surface area contributed by atoms with Crippen molar-refractivity contribution < 1.29 is 8.42 Å². The minimum Gasteiger partial charge on any atom is -0.262 e. The van der Waals surface area contributed by atoms with E-state index in [1.54, 1.807) is 0 Å². The first kappa shape index (κ1) is 13.2. The predicted octanol–water partition coefficient (Wildman–Crippen LogP) is 2.09. The van der Waals surface area contributed by atoms with E-state index < -0.39 is 10.0 Å². The number of pyridine rings is 1. The summed E-state index contributed by atoms with van der Waals surface area (Å²) in [6.45, 7) is 0. The SMILES string of the molecule is O=S(=O)(Nc1cncc(Cl)n1)c1cncc(Br)c1. The number of rotatable bonds is 3. The van der Waals surface area contributed by atoms with E-state index in [1.165, 1.54) is 30.9 Å². The quantitative estimate of drug-likeness (QED) is 0.917. The third kappa shape index (κ3) is 3.15. The van der Waals surface area contributed by atoms with Crippen molar-refractivity contribution >= 4 is 43.4 Å². The standard InChI is InChI=1S/C9H6BrClN4O2S/c10-6-1-7(3-12-2-6)18(16,17)15-9-5-13-4-8(11)14-9/h1-5H,(H,14,15). The average Bonchev–Trinajstić information content (AvgIpc) is 2.28. The minimum atomic E-state index is -3.76. The average molecular weight is 350 g/mol. The molecule has 0 aliphatic heterocycles. The number of sulfonamides is 1. The fourth-order valence-electron chi connectivity index (χ4n) is 1.13. The summed E-state index contributed by atoms with van der Waals surface area (Å²) >= 11 is 8.76. The van der Waals surface area contributed by atoms with E-state index in [9.17, 15) is 8.42 Å². The van der Waals surface area contributed by atoms with E-state index in [0.29, 0.717) is 4.47 Å². The van der Waals surface area contributed by atoms with E-state index in [0.717, 1.165) is 0 Å². The van der Waals surface area contributed by atoms with Crippen LogP contribution in [-0.4, -0.2) is 23.4 Å². The lowest BCUT2D eigenvalue weighted by Crippen LogP contribution is -2.14. The molecular formula is C9H6BrClN4O2S. The van der Waals surface area contributed by atoms with Gasteiger partial charge in [-0.1, -0.05) is 11.6 Å². The summed E-state index contributed by atoms with van der Waals surface area (Å²) in [6, 6.07) is 1.42. The monoisotopic (exact) mass is 348 g/mol. The Balaban J connectivity index is 2.33. The maximum atomic E-state index is 12.0. The topological polar surface area (TPSA) is 84.8 Å². The van der Waals surface area contributed by atoms with Gasteiger partial charge in [0.05, 0.1) is 12.4 Å². The van der Waals surface area contributed by atoms with Crippen LogP contribution >= 0.6 is 27.5 Å². The van der Waals surface area contributed by atoms with Gasteiger partial charge in [-0.2, -0.15) is 0 Å². The van der Waals surface area contributed by atoms with Crippen LogP contribution in [0.15, 0.2) is 40.2 Å². The molecule has 1 N–H and O–H groups in total. The summed E-state index contributed by atoms with van der Waals surface area (Å²) in [7, 11) is -3.76. The van der Waals surface area contributed by atoms with E-state index >= 15 is 0 Å². The van der Waals surface area contributed by atoms with Crippen LogP contribution in [0.25, 0.3) is 0 Å². The number of nitrogens with zero attached hydrogens (tertiary/aromatic N) is 3. The molecule has 18 heavy (non-hydrogen) atoms. The number of hydrogen-bond acceptors (Lipinski definition) is 5. The Morgan fingerprint density at radius 3 is 2.56 bits per heavy atom. The molecular weight excluding hydrogens is 344 g/mol. The van der Waals surface area contributed by atoms with Crippen LogP contribution in [-0.2, 0) is 10.0 Å². The molecule has 0 unspecified atom stereocenters. The van der Waals surface area contributed by atoms with E-state index in [-0.39, 0.29) is 15.9 Å². The maximum absolute atomic E-state index is 12.0. The summed E-state index contributed by atoms with van der Waals surface area (Å²) in [5.41, 5.74) is 0. The van der Waals surface area contributed by atoms with E-state index in [2.05, 4.69) is 35.6 Å². The van der Waals surface area contributed by atoms with Gasteiger partial charge in [-0.3, -0.25) is 14.7 Å². The summed E-state index contributed by atoms with van der Waals surface area (Å²) < 4.78 is 26.8. The van der Waals surface area contributed by atoms with Crippen molar-refractivity contribution in [2.24, 2.45) is 0 Å². The lowest BCUT2D eigenvalue weighted by atomic mass is 10.5. The van der Waals surface area contributed by atoms with Gasteiger partial charge < -0.3 is 0 Å². The Morgan fingerprint density at radius 1 is 1.17 bits per heavy atom. The normalized spacial score (nSPS) is 11.2. The molecule has 0 saturated heterocycles. The van der Waals surface area contributed by atoms with Gasteiger partial charge in [0.1, 0.15) is 10.0 Å². The Hall–Kier alpha value is -1.25. The predicted molar refractivity (Wildman–Crippen MR) is 69.8 cm³/mol. The Kier molecular flexibility index (Phi) is 3.79. The molecule has 2 rings (SSSR count). The third-order valence-electron chi connectivity index (χ3n) is 1.83. The van der Waals surface area contributed by atoms with Gasteiger partial charge in [0.2, 0.25) is 0 Å². The first-order valence-electron chi connectivity index (χ1n) is 4.58. The third-order valence-corrected chi connectivity index (χ3v) is 3.77. The van der Waals surface area contributed by atoms with Crippen molar-refractivity contribution in [1.29, 1.82) is 0 Å². The molecule has 0 saturated carbocycles. The smallest absolute Gasteiger partial charge is 0.262 e. The van der Waals surface area contributed by atoms with Crippen molar-refractivity contribution in [3.8, 4) is 0 Å². The van der Waals surface area contributed by atoms with Crippen LogP contribution < -0.4 is 4.72 Å². The highest BCUT2D eigenvalue weighted by atomic mass is 79.9. The van der Waals surface area contributed by atoms with Gasteiger partial charge in [0.25, 0.3) is 10.0 Å². The summed E-state index contributed by atoms with van der Waals surface area (Å²) in [5.74, 6) is 0.0440. The van der Waals surface area contributed by atoms with Gasteiger partial charge in [0.15, 0.2) is 5.82 Å². The number of halogens is 2. The molecule has 0 spiro atoms. The summed E-state index contributed by atoms with van der Waals surface area (Å²) in [4.78, 5) is 11.3. The fourth-order valence-corrected chi connectivity index (χ4v) is 2.76. The van der Waals surface area contributed by atoms with E-state index in [1.807, 2.05) is 0 Å². The largest absolute Gasteiger partial charge is 0.264 e. The summed E-state index contributed by atoms with van der Waals surface area (Å²) in [6.07, 6.45) is 5.28. The van der Waals surface area contributed by atoms with Crippen LogP contribution in [0.3, 0.4) is 0 Å². The molecule has 0 aromatic carbocycles. The molecule has 0 fully saturated rings. The molecule has 9 heteroatoms. The lowest BCUT2D eigenvalue weighted by molar-refractivity contribution is 0.600. The van der Waals surface area contributed by atoms with Gasteiger partial charge in [-0.15, -0.1) is 0 Å². The molecule has 0 atom stereocenters. The molecule has 94 valence electrons. The molecule has 0 aliphatic carbocycles. The molecule has 0 aliphatic rings. The Labute approximate surface area is 117 Å². The number of nitrogens with one attached hydrogen (secondary N) is 1. The second-order valence-electron chi connectivity index (χ2n) is 3.17. The lowest BCUT2D eigenvalue weighted by Gasteiger charge is -2.06. The van der Waals surface area contributed by atoms with Crippen molar-refractivity contribution in [3.63, 3.8) is 0 Å². The van der Waals surface area contributed by atoms with Crippen LogP contribution in [0.4, 0.5) is 5.82 Å². The van der Waals surface area contributed by atoms with Crippen molar-refractivity contribution in [2.75, 3.05) is 4.72 Å². The van der Waals surface area contributed by atoms with Crippen LogP contribution in [0, 0.1) is 0 Å². The van der Waals surface area contributed by atoms with Gasteiger partial charge in [-0.25, -0.2) is 13.4 Å². The molecule has 2 heterocycles. The van der Waals surface area contributed by atoms with Crippen molar-refractivity contribution in [3.05, 3.63) is 40.5 Å². The molecule has 0 bridgehead atoms. The maximum Gasteiger partial charge on any atom is 0.264 e. The van der Waals surface area contributed by atoms with Crippen LogP contribution in [0.2, 0.25) is 5.15 Å². The van der Waals surface area contributed by atoms with Gasteiger partial charge in [-0.05, 0) is 22.0 Å². The Morgan fingerprint density at radius 2 is 1.89 bits per heavy atom. The summed E-state index contributed by atoms with van der Waals surface area (Å²) in [5, 5.41) is 0.0996. The molecule has 6 nitrogen and oxygen atoms in total. The zero-order chi connectivity index (χ0) is 13.2. The minimum absolute atomic E-state index is 0.0126.